The van der Waals surface area contributed by atoms with E-state index in [2.05, 4.69) is 13.8 Å². The second kappa shape index (κ2) is 3.05. The molecule has 0 bridgehead atoms. The summed E-state index contributed by atoms with van der Waals surface area (Å²) in [5, 5.41) is 0. The molecule has 2 aliphatic rings. The van der Waals surface area contributed by atoms with Gasteiger partial charge in [-0.2, -0.15) is 0 Å². The van der Waals surface area contributed by atoms with Crippen molar-refractivity contribution in [3.63, 3.8) is 0 Å². The highest BCUT2D eigenvalue weighted by atomic mass is 14.5. The van der Waals surface area contributed by atoms with E-state index in [-0.39, 0.29) is 0 Å². The molecule has 0 nitrogen and oxygen atoms in total. The van der Waals surface area contributed by atoms with Crippen molar-refractivity contribution in [3.8, 4) is 0 Å². The molecule has 0 heteroatoms. The molecule has 0 aromatic heterocycles. The lowest BCUT2D eigenvalue weighted by Gasteiger charge is -2.29. The third-order valence-corrected chi connectivity index (χ3v) is 4.79. The van der Waals surface area contributed by atoms with Crippen LogP contribution in [0.3, 0.4) is 0 Å². The number of hydrogen-bond donors (Lipinski definition) is 0. The fourth-order valence-corrected chi connectivity index (χ4v) is 3.99. The van der Waals surface area contributed by atoms with Crippen molar-refractivity contribution in [3.05, 3.63) is 0 Å². The molecular weight excluding hydrogens is 144 g/mol. The fourth-order valence-electron chi connectivity index (χ4n) is 3.99. The summed E-state index contributed by atoms with van der Waals surface area (Å²) in [4.78, 5) is 0. The summed E-state index contributed by atoms with van der Waals surface area (Å²) >= 11 is 0. The van der Waals surface area contributed by atoms with Crippen LogP contribution in [0.5, 0.6) is 0 Å². The zero-order valence-corrected chi connectivity index (χ0v) is 8.60. The lowest BCUT2D eigenvalue weighted by atomic mass is 9.75. The second-order valence-electron chi connectivity index (χ2n) is 4.92. The molecule has 2 aliphatic carbocycles. The van der Waals surface area contributed by atoms with Crippen LogP contribution < -0.4 is 0 Å². The lowest BCUT2D eigenvalue weighted by Crippen LogP contribution is -2.21. The molecule has 0 heterocycles. The van der Waals surface area contributed by atoms with Gasteiger partial charge in [-0.15, -0.1) is 0 Å². The Bertz CT molecular complexity index is 161. The first-order chi connectivity index (χ1) is 5.82. The van der Waals surface area contributed by atoms with Crippen LogP contribution in [0.1, 0.15) is 58.8 Å². The molecular formula is C12H22. The van der Waals surface area contributed by atoms with Gasteiger partial charge in [0, 0.05) is 0 Å². The van der Waals surface area contributed by atoms with E-state index < -0.39 is 0 Å². The molecule has 12 heavy (non-hydrogen) atoms. The molecule has 70 valence electrons. The van der Waals surface area contributed by atoms with Crippen molar-refractivity contribution >= 4 is 0 Å². The molecule has 0 amide bonds. The number of hydrogen-bond acceptors (Lipinski definition) is 0. The van der Waals surface area contributed by atoms with Crippen molar-refractivity contribution in [2.45, 2.75) is 58.8 Å². The SMILES string of the molecule is CCC1CCC2(CC)CCCC12. The Labute approximate surface area is 76.7 Å². The Kier molecular flexibility index (Phi) is 2.18. The highest BCUT2D eigenvalue weighted by molar-refractivity contribution is 4.99. The van der Waals surface area contributed by atoms with E-state index in [4.69, 9.17) is 0 Å². The predicted octanol–water partition coefficient (Wildman–Crippen LogP) is 4.00. The summed E-state index contributed by atoms with van der Waals surface area (Å²) in [7, 11) is 0. The van der Waals surface area contributed by atoms with Crippen LogP contribution in [0, 0.1) is 17.3 Å². The lowest BCUT2D eigenvalue weighted by molar-refractivity contribution is 0.200. The number of fused-ring (bicyclic) bond motifs is 1. The minimum atomic E-state index is 0.820. The quantitative estimate of drug-likeness (QED) is 0.581. The van der Waals surface area contributed by atoms with E-state index in [1.807, 2.05) is 0 Å². The van der Waals surface area contributed by atoms with Crippen LogP contribution in [-0.2, 0) is 0 Å². The summed E-state index contributed by atoms with van der Waals surface area (Å²) in [6.45, 7) is 4.80. The van der Waals surface area contributed by atoms with E-state index in [0.29, 0.717) is 0 Å². The summed E-state index contributed by atoms with van der Waals surface area (Å²) in [5.41, 5.74) is 0.820. The van der Waals surface area contributed by atoms with E-state index in [1.54, 1.807) is 19.3 Å². The Morgan fingerprint density at radius 1 is 1.17 bits per heavy atom. The van der Waals surface area contributed by atoms with Crippen molar-refractivity contribution in [2.75, 3.05) is 0 Å². The highest BCUT2D eigenvalue weighted by Gasteiger charge is 2.48. The molecule has 3 atom stereocenters. The molecule has 2 saturated carbocycles. The summed E-state index contributed by atoms with van der Waals surface area (Å²) < 4.78 is 0. The van der Waals surface area contributed by atoms with Crippen molar-refractivity contribution < 1.29 is 0 Å². The molecule has 0 radical (unpaired) electrons. The van der Waals surface area contributed by atoms with Gasteiger partial charge in [0.2, 0.25) is 0 Å². The van der Waals surface area contributed by atoms with Gasteiger partial charge in [-0.05, 0) is 42.9 Å². The zero-order valence-electron chi connectivity index (χ0n) is 8.60. The van der Waals surface area contributed by atoms with E-state index >= 15 is 0 Å². The van der Waals surface area contributed by atoms with Crippen molar-refractivity contribution in [1.82, 2.24) is 0 Å². The fraction of sp³-hybridized carbons (Fsp3) is 1.00. The van der Waals surface area contributed by atoms with Crippen molar-refractivity contribution in [2.24, 2.45) is 17.3 Å². The highest BCUT2D eigenvalue weighted by Crippen LogP contribution is 2.59. The third-order valence-electron chi connectivity index (χ3n) is 4.79. The van der Waals surface area contributed by atoms with Gasteiger partial charge in [-0.1, -0.05) is 33.1 Å². The first kappa shape index (κ1) is 8.59. The van der Waals surface area contributed by atoms with Gasteiger partial charge in [0.1, 0.15) is 0 Å². The normalized spacial score (nSPS) is 46.5. The van der Waals surface area contributed by atoms with Gasteiger partial charge in [0.05, 0.1) is 0 Å². The Morgan fingerprint density at radius 2 is 2.00 bits per heavy atom. The maximum absolute atomic E-state index is 2.41. The van der Waals surface area contributed by atoms with Gasteiger partial charge in [0.25, 0.3) is 0 Å². The average Bonchev–Trinajstić information content (AvgIpc) is 2.61. The van der Waals surface area contributed by atoms with Crippen LogP contribution in [0.2, 0.25) is 0 Å². The number of rotatable bonds is 2. The Balaban J connectivity index is 2.14. The van der Waals surface area contributed by atoms with Crippen LogP contribution >= 0.6 is 0 Å². The molecule has 2 rings (SSSR count). The maximum Gasteiger partial charge on any atom is -0.0269 e. The molecule has 0 aromatic rings. The van der Waals surface area contributed by atoms with Gasteiger partial charge >= 0.3 is 0 Å². The first-order valence-corrected chi connectivity index (χ1v) is 5.82. The van der Waals surface area contributed by atoms with Gasteiger partial charge < -0.3 is 0 Å². The predicted molar refractivity (Wildman–Crippen MR) is 53.1 cm³/mol. The minimum Gasteiger partial charge on any atom is -0.0651 e. The molecule has 0 saturated heterocycles. The first-order valence-electron chi connectivity index (χ1n) is 5.82. The van der Waals surface area contributed by atoms with E-state index in [0.717, 1.165) is 17.3 Å². The smallest absolute Gasteiger partial charge is 0.0269 e. The topological polar surface area (TPSA) is 0 Å². The molecule has 0 aliphatic heterocycles. The molecule has 3 unspecified atom stereocenters. The summed E-state index contributed by atoms with van der Waals surface area (Å²) in [6.07, 6.45) is 10.6. The summed E-state index contributed by atoms with van der Waals surface area (Å²) in [5.74, 6) is 2.21. The monoisotopic (exact) mass is 166 g/mol. The largest absolute Gasteiger partial charge is 0.0651 e. The van der Waals surface area contributed by atoms with Gasteiger partial charge in [0.15, 0.2) is 0 Å². The molecule has 0 N–H and O–H groups in total. The molecule has 0 aromatic carbocycles. The van der Waals surface area contributed by atoms with Crippen LogP contribution in [-0.4, -0.2) is 0 Å². The Hall–Kier alpha value is 0. The maximum atomic E-state index is 2.41. The Morgan fingerprint density at radius 3 is 2.67 bits per heavy atom. The van der Waals surface area contributed by atoms with Crippen molar-refractivity contribution in [1.29, 1.82) is 0 Å². The van der Waals surface area contributed by atoms with Gasteiger partial charge in [-0.25, -0.2) is 0 Å². The van der Waals surface area contributed by atoms with Crippen LogP contribution in [0.4, 0.5) is 0 Å². The standard InChI is InChI=1S/C12H22/c1-3-10-7-9-12(4-2)8-5-6-11(10)12/h10-11H,3-9H2,1-2H3. The molecule has 2 fully saturated rings. The third kappa shape index (κ3) is 1.03. The zero-order chi connectivity index (χ0) is 8.60. The van der Waals surface area contributed by atoms with Crippen LogP contribution in [0.25, 0.3) is 0 Å². The van der Waals surface area contributed by atoms with Crippen LogP contribution in [0.15, 0.2) is 0 Å². The second-order valence-corrected chi connectivity index (χ2v) is 4.92. The van der Waals surface area contributed by atoms with E-state index in [1.165, 1.54) is 25.7 Å². The summed E-state index contributed by atoms with van der Waals surface area (Å²) in [6, 6.07) is 0. The van der Waals surface area contributed by atoms with Gasteiger partial charge in [-0.3, -0.25) is 0 Å². The minimum absolute atomic E-state index is 0.820. The average molecular weight is 166 g/mol. The molecule has 0 spiro atoms. The van der Waals surface area contributed by atoms with E-state index in [9.17, 15) is 0 Å².